The number of hydrogen-bond donors (Lipinski definition) is 1. The van der Waals surface area contributed by atoms with Gasteiger partial charge in [0.2, 0.25) is 0 Å². The zero-order valence-electron chi connectivity index (χ0n) is 10.5. The van der Waals surface area contributed by atoms with Gasteiger partial charge in [0.1, 0.15) is 0 Å². The number of nitrogens with one attached hydrogen (secondary N) is 1. The van der Waals surface area contributed by atoms with Crippen molar-refractivity contribution in [2.75, 3.05) is 0 Å². The average Bonchev–Trinajstić information content (AvgIpc) is 2.97. The summed E-state index contributed by atoms with van der Waals surface area (Å²) in [4.78, 5) is 20.1. The summed E-state index contributed by atoms with van der Waals surface area (Å²) in [5.74, 6) is 0.610. The van der Waals surface area contributed by atoms with E-state index in [1.54, 1.807) is 22.2 Å². The summed E-state index contributed by atoms with van der Waals surface area (Å²) in [7, 11) is 1.83. The first-order chi connectivity index (χ1) is 9.13. The van der Waals surface area contributed by atoms with Crippen molar-refractivity contribution in [2.24, 2.45) is 7.05 Å². The van der Waals surface area contributed by atoms with Crippen molar-refractivity contribution >= 4 is 11.3 Å². The van der Waals surface area contributed by atoms with Crippen molar-refractivity contribution in [3.8, 4) is 22.0 Å². The lowest BCUT2D eigenvalue weighted by Crippen LogP contribution is -2.08. The normalized spacial score (nSPS) is 10.8. The summed E-state index contributed by atoms with van der Waals surface area (Å²) >= 11 is 1.57. The van der Waals surface area contributed by atoms with Gasteiger partial charge in [-0.15, -0.1) is 11.3 Å². The van der Waals surface area contributed by atoms with Crippen LogP contribution in [-0.4, -0.2) is 19.7 Å². The Morgan fingerprint density at radius 2 is 2.26 bits per heavy atom. The van der Waals surface area contributed by atoms with Gasteiger partial charge in [-0.25, -0.2) is 4.98 Å². The Hall–Kier alpha value is -2.21. The number of aryl methyl sites for hydroxylation is 2. The molecule has 0 spiro atoms. The van der Waals surface area contributed by atoms with E-state index in [1.165, 1.54) is 6.07 Å². The molecule has 0 saturated carbocycles. The molecule has 3 rings (SSSR count). The third kappa shape index (κ3) is 2.22. The fraction of sp³-hybridized carbons (Fsp3) is 0.154. The molecule has 0 aliphatic carbocycles. The van der Waals surface area contributed by atoms with Crippen LogP contribution < -0.4 is 5.56 Å². The second-order valence-corrected chi connectivity index (χ2v) is 5.23. The van der Waals surface area contributed by atoms with Gasteiger partial charge >= 0.3 is 0 Å². The lowest BCUT2D eigenvalue weighted by molar-refractivity contribution is 0.768. The van der Waals surface area contributed by atoms with Gasteiger partial charge < -0.3 is 4.98 Å². The van der Waals surface area contributed by atoms with E-state index in [9.17, 15) is 4.79 Å². The molecule has 6 heteroatoms. The van der Waals surface area contributed by atoms with Gasteiger partial charge in [-0.2, -0.15) is 5.10 Å². The maximum absolute atomic E-state index is 11.8. The van der Waals surface area contributed by atoms with Gasteiger partial charge in [0.05, 0.1) is 16.8 Å². The molecule has 0 radical (unpaired) electrons. The predicted octanol–water partition coefficient (Wildman–Crippen LogP) is 2.21. The van der Waals surface area contributed by atoms with Gasteiger partial charge in [0.15, 0.2) is 5.82 Å². The van der Waals surface area contributed by atoms with Crippen LogP contribution >= 0.6 is 11.3 Å². The number of aromatic nitrogens is 4. The van der Waals surface area contributed by atoms with E-state index >= 15 is 0 Å². The first-order valence-electron chi connectivity index (χ1n) is 5.78. The first-order valence-corrected chi connectivity index (χ1v) is 6.66. The van der Waals surface area contributed by atoms with Crippen molar-refractivity contribution in [1.29, 1.82) is 0 Å². The minimum Gasteiger partial charge on any atom is -0.306 e. The molecule has 0 atom stereocenters. The van der Waals surface area contributed by atoms with E-state index in [2.05, 4.69) is 15.1 Å². The summed E-state index contributed by atoms with van der Waals surface area (Å²) in [6, 6.07) is 3.50. The fourth-order valence-corrected chi connectivity index (χ4v) is 2.75. The number of thiophene rings is 1. The Bertz CT molecular complexity index is 784. The van der Waals surface area contributed by atoms with Crippen LogP contribution in [-0.2, 0) is 7.05 Å². The lowest BCUT2D eigenvalue weighted by Gasteiger charge is -2.02. The summed E-state index contributed by atoms with van der Waals surface area (Å²) in [5, 5.41) is 6.09. The Balaban J connectivity index is 2.16. The largest absolute Gasteiger partial charge is 0.306 e. The van der Waals surface area contributed by atoms with Crippen LogP contribution in [0.5, 0.6) is 0 Å². The maximum Gasteiger partial charge on any atom is 0.251 e. The van der Waals surface area contributed by atoms with Crippen LogP contribution in [0, 0.1) is 6.92 Å². The van der Waals surface area contributed by atoms with Crippen LogP contribution in [0.25, 0.3) is 22.0 Å². The second-order valence-electron chi connectivity index (χ2n) is 4.31. The van der Waals surface area contributed by atoms with E-state index in [0.717, 1.165) is 16.0 Å². The summed E-state index contributed by atoms with van der Waals surface area (Å²) in [6.45, 7) is 2.00. The van der Waals surface area contributed by atoms with E-state index in [1.807, 2.05) is 31.6 Å². The molecule has 5 nitrogen and oxygen atoms in total. The predicted molar refractivity (Wildman–Crippen MR) is 75.1 cm³/mol. The topological polar surface area (TPSA) is 63.6 Å². The number of H-pyrrole nitrogens is 1. The van der Waals surface area contributed by atoms with Crippen LogP contribution in [0.1, 0.15) is 5.56 Å². The molecule has 0 bridgehead atoms. The smallest absolute Gasteiger partial charge is 0.251 e. The SMILES string of the molecule is Cc1ccsc1-c1nc(-c2cnn(C)c2)cc(=O)[nH]1. The van der Waals surface area contributed by atoms with Gasteiger partial charge in [0.25, 0.3) is 5.56 Å². The molecule has 0 aliphatic rings. The molecule has 0 saturated heterocycles. The van der Waals surface area contributed by atoms with E-state index in [4.69, 9.17) is 0 Å². The molecule has 0 amide bonds. The minimum absolute atomic E-state index is 0.156. The highest BCUT2D eigenvalue weighted by Crippen LogP contribution is 2.26. The second kappa shape index (κ2) is 4.47. The first kappa shape index (κ1) is 11.9. The zero-order valence-corrected chi connectivity index (χ0v) is 11.4. The van der Waals surface area contributed by atoms with E-state index in [-0.39, 0.29) is 5.56 Å². The van der Waals surface area contributed by atoms with Crippen molar-refractivity contribution in [2.45, 2.75) is 6.92 Å². The molecule has 3 aromatic heterocycles. The van der Waals surface area contributed by atoms with Crippen LogP contribution in [0.3, 0.4) is 0 Å². The molecule has 1 N–H and O–H groups in total. The Morgan fingerprint density at radius 3 is 2.89 bits per heavy atom. The third-order valence-electron chi connectivity index (χ3n) is 2.82. The number of hydrogen-bond acceptors (Lipinski definition) is 4. The Morgan fingerprint density at radius 1 is 1.42 bits per heavy atom. The highest BCUT2D eigenvalue weighted by molar-refractivity contribution is 7.13. The number of aromatic amines is 1. The Labute approximate surface area is 113 Å². The standard InChI is InChI=1S/C13H12N4OS/c1-8-3-4-19-12(8)13-15-10(5-11(18)16-13)9-6-14-17(2)7-9/h3-7H,1-2H3,(H,15,16,18). The molecule has 0 aliphatic heterocycles. The minimum atomic E-state index is -0.156. The average molecular weight is 272 g/mol. The highest BCUT2D eigenvalue weighted by atomic mass is 32.1. The van der Waals surface area contributed by atoms with Crippen LogP contribution in [0.15, 0.2) is 34.7 Å². The molecule has 3 heterocycles. The zero-order chi connectivity index (χ0) is 13.4. The molecular formula is C13H12N4OS. The fourth-order valence-electron chi connectivity index (χ4n) is 1.88. The van der Waals surface area contributed by atoms with Gasteiger partial charge in [0, 0.05) is 24.9 Å². The quantitative estimate of drug-likeness (QED) is 0.778. The molecule has 19 heavy (non-hydrogen) atoms. The van der Waals surface area contributed by atoms with E-state index in [0.29, 0.717) is 11.5 Å². The van der Waals surface area contributed by atoms with Crippen molar-refractivity contribution in [1.82, 2.24) is 19.7 Å². The summed E-state index contributed by atoms with van der Waals surface area (Å²) in [5.41, 5.74) is 2.43. The van der Waals surface area contributed by atoms with E-state index < -0.39 is 0 Å². The molecule has 3 aromatic rings. The molecule has 0 unspecified atom stereocenters. The molecule has 0 aromatic carbocycles. The van der Waals surface area contributed by atoms with Crippen LogP contribution in [0.4, 0.5) is 0 Å². The monoisotopic (exact) mass is 272 g/mol. The van der Waals surface area contributed by atoms with Gasteiger partial charge in [-0.3, -0.25) is 9.48 Å². The number of rotatable bonds is 2. The molecule has 96 valence electrons. The van der Waals surface area contributed by atoms with Crippen molar-refractivity contribution in [3.05, 3.63) is 45.8 Å². The van der Waals surface area contributed by atoms with Gasteiger partial charge in [-0.1, -0.05) is 0 Å². The lowest BCUT2D eigenvalue weighted by atomic mass is 10.2. The van der Waals surface area contributed by atoms with Crippen LogP contribution in [0.2, 0.25) is 0 Å². The highest BCUT2D eigenvalue weighted by Gasteiger charge is 2.10. The Kier molecular flexibility index (Phi) is 2.79. The molecule has 0 fully saturated rings. The molecular weight excluding hydrogens is 260 g/mol. The summed E-state index contributed by atoms with van der Waals surface area (Å²) in [6.07, 6.45) is 3.54. The maximum atomic E-state index is 11.8. The van der Waals surface area contributed by atoms with Gasteiger partial charge in [-0.05, 0) is 23.9 Å². The summed E-state index contributed by atoms with van der Waals surface area (Å²) < 4.78 is 1.69. The third-order valence-corrected chi connectivity index (χ3v) is 3.84. The van der Waals surface area contributed by atoms with Crippen molar-refractivity contribution < 1.29 is 0 Å². The number of nitrogens with zero attached hydrogens (tertiary/aromatic N) is 3. The van der Waals surface area contributed by atoms with Crippen molar-refractivity contribution in [3.63, 3.8) is 0 Å².